The predicted molar refractivity (Wildman–Crippen MR) is 144 cm³/mol. The molecule has 0 saturated heterocycles. The van der Waals surface area contributed by atoms with Gasteiger partial charge in [0, 0.05) is 22.2 Å². The fraction of sp³-hybridized carbons (Fsp3) is 0.310. The highest BCUT2D eigenvalue weighted by Crippen LogP contribution is 2.42. The molecule has 40 heavy (non-hydrogen) atoms. The smallest absolute Gasteiger partial charge is 0.420 e. The summed E-state index contributed by atoms with van der Waals surface area (Å²) in [5, 5.41) is 7.33. The molecule has 0 bridgehead atoms. The van der Waals surface area contributed by atoms with E-state index in [0.717, 1.165) is 11.6 Å². The van der Waals surface area contributed by atoms with Crippen LogP contribution in [0.25, 0.3) is 28.2 Å². The largest absolute Gasteiger partial charge is 0.481 e. The summed E-state index contributed by atoms with van der Waals surface area (Å²) in [5.74, 6) is -1.41. The van der Waals surface area contributed by atoms with Crippen molar-refractivity contribution in [3.8, 4) is 28.3 Å². The van der Waals surface area contributed by atoms with Gasteiger partial charge in [0.1, 0.15) is 11.3 Å². The van der Waals surface area contributed by atoms with Crippen LogP contribution in [0.4, 0.5) is 18.9 Å². The number of esters is 1. The van der Waals surface area contributed by atoms with Crippen LogP contribution >= 0.6 is 0 Å². The molecule has 4 aromatic rings. The van der Waals surface area contributed by atoms with Crippen molar-refractivity contribution >= 4 is 23.2 Å². The number of hydrogen-bond acceptors (Lipinski definition) is 6. The van der Waals surface area contributed by atoms with Crippen LogP contribution in [0.5, 0.6) is 5.75 Å². The maximum atomic E-state index is 14.2. The monoisotopic (exact) mass is 554 g/mol. The molecule has 0 fully saturated rings. The molecule has 0 radical (unpaired) electrons. The van der Waals surface area contributed by atoms with Crippen LogP contribution < -0.4 is 10.1 Å². The molecule has 2 aromatic carbocycles. The SMILES string of the molecule is CCOC(=O)COc1cccc(-c2ccc3nc(-c4ccc(C)c(NC(=O)C(C)(C)C)c4)cn3n2)c1C(F)(F)F. The zero-order valence-corrected chi connectivity index (χ0v) is 22.7. The average Bonchev–Trinajstić information content (AvgIpc) is 3.31. The van der Waals surface area contributed by atoms with Crippen molar-refractivity contribution in [2.24, 2.45) is 5.41 Å². The standard InChI is InChI=1S/C29H29F3N4O4/c1-6-39-25(37)16-40-23-9-7-8-19(26(23)29(30,31)32)20-12-13-24-33-22(15-36(24)35-20)18-11-10-17(2)21(14-18)34-27(38)28(3,4)5/h7-15H,6,16H2,1-5H3,(H,34,38). The number of amides is 1. The number of hydrogen-bond donors (Lipinski definition) is 1. The van der Waals surface area contributed by atoms with Crippen molar-refractivity contribution in [2.45, 2.75) is 40.8 Å². The Bertz CT molecular complexity index is 1570. The molecule has 1 N–H and O–H groups in total. The van der Waals surface area contributed by atoms with Gasteiger partial charge in [0.15, 0.2) is 12.3 Å². The van der Waals surface area contributed by atoms with E-state index >= 15 is 0 Å². The van der Waals surface area contributed by atoms with E-state index in [1.165, 1.54) is 22.7 Å². The number of halogens is 3. The normalized spacial score (nSPS) is 11.9. The fourth-order valence-corrected chi connectivity index (χ4v) is 3.89. The molecule has 0 aliphatic heterocycles. The highest BCUT2D eigenvalue weighted by Gasteiger charge is 2.38. The van der Waals surface area contributed by atoms with E-state index in [-0.39, 0.29) is 23.8 Å². The zero-order chi connectivity index (χ0) is 29.2. The molecular formula is C29H29F3N4O4. The lowest BCUT2D eigenvalue weighted by atomic mass is 9.95. The summed E-state index contributed by atoms with van der Waals surface area (Å²) in [6, 6.07) is 12.3. The lowest BCUT2D eigenvalue weighted by Crippen LogP contribution is -2.27. The van der Waals surface area contributed by atoms with E-state index in [4.69, 9.17) is 9.47 Å². The number of rotatable bonds is 7. The third-order valence-electron chi connectivity index (χ3n) is 6.02. The molecule has 8 nitrogen and oxygen atoms in total. The van der Waals surface area contributed by atoms with Gasteiger partial charge in [-0.2, -0.15) is 18.3 Å². The predicted octanol–water partition coefficient (Wildman–Crippen LogP) is 6.32. The molecule has 0 spiro atoms. The van der Waals surface area contributed by atoms with Crippen LogP contribution in [-0.2, 0) is 20.5 Å². The molecule has 0 unspecified atom stereocenters. The Balaban J connectivity index is 1.71. The second-order valence-electron chi connectivity index (χ2n) is 10.2. The topological polar surface area (TPSA) is 94.8 Å². The summed E-state index contributed by atoms with van der Waals surface area (Å²) in [6.45, 7) is 8.35. The van der Waals surface area contributed by atoms with Crippen molar-refractivity contribution in [3.05, 3.63) is 65.9 Å². The van der Waals surface area contributed by atoms with Crippen LogP contribution in [0.1, 0.15) is 38.8 Å². The van der Waals surface area contributed by atoms with E-state index in [0.29, 0.717) is 22.6 Å². The van der Waals surface area contributed by atoms with Gasteiger partial charge in [-0.25, -0.2) is 14.3 Å². The molecule has 0 atom stereocenters. The van der Waals surface area contributed by atoms with E-state index in [1.807, 2.05) is 39.8 Å². The minimum atomic E-state index is -4.78. The summed E-state index contributed by atoms with van der Waals surface area (Å²) in [7, 11) is 0. The highest BCUT2D eigenvalue weighted by molar-refractivity contribution is 5.95. The first-order chi connectivity index (χ1) is 18.8. The second kappa shape index (κ2) is 11.0. The number of benzene rings is 2. The number of aromatic nitrogens is 3. The zero-order valence-electron chi connectivity index (χ0n) is 22.7. The van der Waals surface area contributed by atoms with Crippen molar-refractivity contribution in [1.29, 1.82) is 0 Å². The lowest BCUT2D eigenvalue weighted by Gasteiger charge is -2.19. The number of carbonyl (C=O) groups is 2. The molecule has 2 aromatic heterocycles. The summed E-state index contributed by atoms with van der Waals surface area (Å²) in [6.07, 6.45) is -3.18. The fourth-order valence-electron chi connectivity index (χ4n) is 3.89. The number of fused-ring (bicyclic) bond motifs is 1. The summed E-state index contributed by atoms with van der Waals surface area (Å²) >= 11 is 0. The first-order valence-electron chi connectivity index (χ1n) is 12.6. The van der Waals surface area contributed by atoms with E-state index in [2.05, 4.69) is 15.4 Å². The highest BCUT2D eigenvalue weighted by atomic mass is 19.4. The Morgan fingerprint density at radius 1 is 1.02 bits per heavy atom. The first-order valence-corrected chi connectivity index (χ1v) is 12.6. The van der Waals surface area contributed by atoms with Gasteiger partial charge in [-0.3, -0.25) is 4.79 Å². The number of imidazole rings is 1. The first kappa shape index (κ1) is 28.6. The van der Waals surface area contributed by atoms with Crippen molar-refractivity contribution in [3.63, 3.8) is 0 Å². The number of alkyl halides is 3. The maximum Gasteiger partial charge on any atom is 0.420 e. The molecule has 0 aliphatic rings. The molecule has 4 rings (SSSR count). The van der Waals surface area contributed by atoms with Crippen LogP contribution in [-0.4, -0.2) is 39.7 Å². The Hall–Kier alpha value is -4.41. The Morgan fingerprint density at radius 2 is 1.77 bits per heavy atom. The minimum absolute atomic E-state index is 0.0346. The van der Waals surface area contributed by atoms with Gasteiger partial charge in [-0.1, -0.05) is 45.0 Å². The molecule has 1 amide bonds. The van der Waals surface area contributed by atoms with Crippen LogP contribution in [0.3, 0.4) is 0 Å². The molecule has 210 valence electrons. The molecule has 2 heterocycles. The Labute approximate surface area is 229 Å². The van der Waals surface area contributed by atoms with Gasteiger partial charge >= 0.3 is 12.1 Å². The van der Waals surface area contributed by atoms with Crippen molar-refractivity contribution in [2.75, 3.05) is 18.5 Å². The van der Waals surface area contributed by atoms with Gasteiger partial charge in [-0.05, 0) is 43.7 Å². The number of ether oxygens (including phenoxy) is 2. The van der Waals surface area contributed by atoms with Crippen LogP contribution in [0.2, 0.25) is 0 Å². The summed E-state index contributed by atoms with van der Waals surface area (Å²) in [4.78, 5) is 28.7. The average molecular weight is 555 g/mol. The van der Waals surface area contributed by atoms with Crippen molar-refractivity contribution in [1.82, 2.24) is 14.6 Å². The number of carbonyl (C=O) groups excluding carboxylic acids is 2. The third kappa shape index (κ3) is 6.24. The minimum Gasteiger partial charge on any atom is -0.481 e. The van der Waals surface area contributed by atoms with Crippen LogP contribution in [0.15, 0.2) is 54.7 Å². The Morgan fingerprint density at radius 3 is 2.45 bits per heavy atom. The van der Waals surface area contributed by atoms with E-state index in [1.54, 1.807) is 25.3 Å². The van der Waals surface area contributed by atoms with Crippen LogP contribution in [0, 0.1) is 12.3 Å². The number of nitrogens with one attached hydrogen (secondary N) is 1. The number of nitrogens with zero attached hydrogens (tertiary/aromatic N) is 3. The molecular weight excluding hydrogens is 525 g/mol. The molecule has 11 heteroatoms. The van der Waals surface area contributed by atoms with Gasteiger partial charge in [0.25, 0.3) is 0 Å². The quantitative estimate of drug-likeness (QED) is 0.269. The Kier molecular flexibility index (Phi) is 7.86. The van der Waals surface area contributed by atoms with Gasteiger partial charge in [0.2, 0.25) is 5.91 Å². The molecule has 0 aliphatic carbocycles. The number of anilines is 1. The summed E-state index contributed by atoms with van der Waals surface area (Å²) in [5.41, 5.74) is 1.34. The molecule has 0 saturated carbocycles. The van der Waals surface area contributed by atoms with Crippen molar-refractivity contribution < 1.29 is 32.2 Å². The van der Waals surface area contributed by atoms with Gasteiger partial charge in [0.05, 0.1) is 24.2 Å². The third-order valence-corrected chi connectivity index (χ3v) is 6.02. The lowest BCUT2D eigenvalue weighted by molar-refractivity contribution is -0.147. The van der Waals surface area contributed by atoms with E-state index < -0.39 is 35.5 Å². The van der Waals surface area contributed by atoms with E-state index in [9.17, 15) is 22.8 Å². The summed E-state index contributed by atoms with van der Waals surface area (Å²) < 4.78 is 53.8. The maximum absolute atomic E-state index is 14.2. The number of aryl methyl sites for hydroxylation is 1. The van der Waals surface area contributed by atoms with Gasteiger partial charge < -0.3 is 14.8 Å². The second-order valence-corrected chi connectivity index (χ2v) is 10.2. The van der Waals surface area contributed by atoms with Gasteiger partial charge in [-0.15, -0.1) is 0 Å².